The molecule has 1 aliphatic heterocycles. The summed E-state index contributed by atoms with van der Waals surface area (Å²) in [5.41, 5.74) is 5.09. The van der Waals surface area contributed by atoms with Gasteiger partial charge in [0.2, 0.25) is 11.8 Å². The number of hydrogen-bond acceptors (Lipinski definition) is 3. The molecular weight excluding hydrogens is 268 g/mol. The Balaban J connectivity index is 0.000000290. The molecule has 1 fully saturated rings. The van der Waals surface area contributed by atoms with E-state index in [0.29, 0.717) is 12.0 Å². The van der Waals surface area contributed by atoms with Gasteiger partial charge >= 0.3 is 0 Å². The molecule has 0 radical (unpaired) electrons. The fourth-order valence-electron chi connectivity index (χ4n) is 1.24. The van der Waals surface area contributed by atoms with Gasteiger partial charge in [0.1, 0.15) is 0 Å². The summed E-state index contributed by atoms with van der Waals surface area (Å²) in [6.45, 7) is 12.7. The van der Waals surface area contributed by atoms with Gasteiger partial charge in [0, 0.05) is 37.1 Å². The number of carbonyl (C=O) groups excluding carboxylic acids is 2. The average molecular weight is 290 g/mol. The zero-order valence-corrected chi connectivity index (χ0v) is 12.4. The van der Waals surface area contributed by atoms with Crippen molar-refractivity contribution < 1.29 is 9.59 Å². The van der Waals surface area contributed by atoms with E-state index in [-0.39, 0.29) is 5.91 Å². The van der Waals surface area contributed by atoms with Crippen LogP contribution in [0.2, 0.25) is 0 Å². The maximum absolute atomic E-state index is 10.7. The van der Waals surface area contributed by atoms with Crippen molar-refractivity contribution in [1.82, 2.24) is 14.5 Å². The van der Waals surface area contributed by atoms with E-state index < -0.39 is 5.91 Å². The van der Waals surface area contributed by atoms with Gasteiger partial charge in [-0.15, -0.1) is 0 Å². The Labute approximate surface area is 125 Å². The fourth-order valence-corrected chi connectivity index (χ4v) is 1.24. The number of aromatic nitrogens is 2. The maximum atomic E-state index is 10.7. The molecule has 0 atom stereocenters. The predicted molar refractivity (Wildman–Crippen MR) is 83.8 cm³/mol. The Hall–Kier alpha value is -2.63. The molecule has 1 aromatic rings. The number of imidazole rings is 1. The monoisotopic (exact) mass is 290 g/mol. The van der Waals surface area contributed by atoms with Crippen molar-refractivity contribution in [2.45, 2.75) is 19.8 Å². The lowest BCUT2D eigenvalue weighted by atomic mass is 10.3. The number of nitrogens with zero attached hydrogens (tertiary/aromatic N) is 3. The number of hydrogen-bond donors (Lipinski definition) is 1. The third kappa shape index (κ3) is 8.20. The van der Waals surface area contributed by atoms with E-state index in [1.807, 2.05) is 6.20 Å². The zero-order valence-electron chi connectivity index (χ0n) is 12.4. The molecule has 0 spiro atoms. The number of primary amides is 1. The minimum Gasteiger partial charge on any atom is -0.366 e. The van der Waals surface area contributed by atoms with Crippen LogP contribution in [0.4, 0.5) is 0 Å². The van der Waals surface area contributed by atoms with Crippen molar-refractivity contribution in [3.63, 3.8) is 0 Å². The SMILES string of the molecule is C=C(C)C(N)=O.C=CN1CCCC1=O.C=Cn1ccnc1. The molecule has 2 amide bonds. The summed E-state index contributed by atoms with van der Waals surface area (Å²) in [7, 11) is 0. The predicted octanol–water partition coefficient (Wildman–Crippen LogP) is 1.78. The highest BCUT2D eigenvalue weighted by Crippen LogP contribution is 2.08. The largest absolute Gasteiger partial charge is 0.366 e. The van der Waals surface area contributed by atoms with Crippen molar-refractivity contribution in [1.29, 1.82) is 0 Å². The van der Waals surface area contributed by atoms with Crippen LogP contribution in [0, 0.1) is 0 Å². The smallest absolute Gasteiger partial charge is 0.243 e. The summed E-state index contributed by atoms with van der Waals surface area (Å²) in [6, 6.07) is 0. The Kier molecular flexibility index (Phi) is 8.92. The van der Waals surface area contributed by atoms with Gasteiger partial charge in [-0.3, -0.25) is 9.59 Å². The Morgan fingerprint density at radius 3 is 2.24 bits per heavy atom. The topological polar surface area (TPSA) is 81.2 Å². The van der Waals surface area contributed by atoms with Gasteiger partial charge in [-0.05, 0) is 19.5 Å². The summed E-state index contributed by atoms with van der Waals surface area (Å²) in [4.78, 5) is 25.9. The van der Waals surface area contributed by atoms with Crippen LogP contribution >= 0.6 is 0 Å². The molecule has 1 saturated heterocycles. The molecule has 21 heavy (non-hydrogen) atoms. The molecule has 0 unspecified atom stereocenters. The molecule has 0 aromatic carbocycles. The Morgan fingerprint density at radius 1 is 1.43 bits per heavy atom. The number of amides is 2. The van der Waals surface area contributed by atoms with Gasteiger partial charge < -0.3 is 15.2 Å². The number of likely N-dealkylation sites (tertiary alicyclic amines) is 1. The van der Waals surface area contributed by atoms with Crippen LogP contribution in [0.25, 0.3) is 6.20 Å². The lowest BCUT2D eigenvalue weighted by molar-refractivity contribution is -0.125. The van der Waals surface area contributed by atoms with Crippen LogP contribution in [0.5, 0.6) is 0 Å². The summed E-state index contributed by atoms with van der Waals surface area (Å²) < 4.78 is 1.78. The molecule has 114 valence electrons. The zero-order chi connectivity index (χ0) is 16.3. The van der Waals surface area contributed by atoms with Crippen molar-refractivity contribution in [2.24, 2.45) is 5.73 Å². The van der Waals surface area contributed by atoms with E-state index in [2.05, 4.69) is 24.7 Å². The highest BCUT2D eigenvalue weighted by Gasteiger charge is 2.15. The normalized spacial score (nSPS) is 12.4. The van der Waals surface area contributed by atoms with E-state index in [4.69, 9.17) is 5.73 Å². The second kappa shape index (κ2) is 10.2. The van der Waals surface area contributed by atoms with Crippen LogP contribution in [0.1, 0.15) is 19.8 Å². The van der Waals surface area contributed by atoms with Crippen LogP contribution in [0.3, 0.4) is 0 Å². The molecule has 2 N–H and O–H groups in total. The highest BCUT2D eigenvalue weighted by molar-refractivity contribution is 5.90. The molecule has 0 saturated carbocycles. The lowest BCUT2D eigenvalue weighted by Crippen LogP contribution is -2.16. The molecule has 2 heterocycles. The first-order chi connectivity index (χ1) is 9.92. The molecule has 0 aliphatic carbocycles. The minimum atomic E-state index is -0.435. The van der Waals surface area contributed by atoms with Gasteiger partial charge in [0.05, 0.1) is 6.33 Å². The Morgan fingerprint density at radius 2 is 2.05 bits per heavy atom. The third-order valence-corrected chi connectivity index (χ3v) is 2.49. The van der Waals surface area contributed by atoms with Gasteiger partial charge in [-0.25, -0.2) is 4.98 Å². The lowest BCUT2D eigenvalue weighted by Gasteiger charge is -2.05. The molecule has 2 rings (SSSR count). The summed E-state index contributed by atoms with van der Waals surface area (Å²) in [6.07, 6.45) is 10.2. The fraction of sp³-hybridized carbons (Fsp3) is 0.267. The molecule has 1 aromatic heterocycles. The van der Waals surface area contributed by atoms with Gasteiger partial charge in [-0.1, -0.05) is 19.7 Å². The first kappa shape index (κ1) is 18.4. The molecular formula is C15H22N4O2. The van der Waals surface area contributed by atoms with Crippen LogP contribution in [0.15, 0.2) is 50.2 Å². The van der Waals surface area contributed by atoms with Crippen molar-refractivity contribution in [3.05, 3.63) is 50.2 Å². The summed E-state index contributed by atoms with van der Waals surface area (Å²) >= 11 is 0. The quantitative estimate of drug-likeness (QED) is 0.862. The third-order valence-electron chi connectivity index (χ3n) is 2.49. The first-order valence-corrected chi connectivity index (χ1v) is 6.39. The average Bonchev–Trinajstić information content (AvgIpc) is 3.10. The number of carbonyl (C=O) groups is 2. The van der Waals surface area contributed by atoms with Gasteiger partial charge in [0.25, 0.3) is 0 Å². The maximum Gasteiger partial charge on any atom is 0.243 e. The second-order valence-electron chi connectivity index (χ2n) is 4.21. The van der Waals surface area contributed by atoms with Crippen molar-refractivity contribution in [2.75, 3.05) is 6.54 Å². The van der Waals surface area contributed by atoms with Crippen molar-refractivity contribution in [3.8, 4) is 0 Å². The summed E-state index contributed by atoms with van der Waals surface area (Å²) in [5.74, 6) is -0.227. The van der Waals surface area contributed by atoms with E-state index in [1.54, 1.807) is 41.3 Å². The summed E-state index contributed by atoms with van der Waals surface area (Å²) in [5, 5.41) is 0. The highest BCUT2D eigenvalue weighted by atomic mass is 16.2. The number of nitrogens with two attached hydrogens (primary N) is 1. The van der Waals surface area contributed by atoms with E-state index in [1.165, 1.54) is 0 Å². The second-order valence-corrected chi connectivity index (χ2v) is 4.21. The molecule has 6 nitrogen and oxygen atoms in total. The van der Waals surface area contributed by atoms with Crippen LogP contribution in [-0.4, -0.2) is 32.8 Å². The minimum absolute atomic E-state index is 0.208. The van der Waals surface area contributed by atoms with E-state index >= 15 is 0 Å². The van der Waals surface area contributed by atoms with E-state index in [9.17, 15) is 9.59 Å². The van der Waals surface area contributed by atoms with Crippen LogP contribution in [-0.2, 0) is 9.59 Å². The van der Waals surface area contributed by atoms with E-state index in [0.717, 1.165) is 13.0 Å². The first-order valence-electron chi connectivity index (χ1n) is 6.39. The van der Waals surface area contributed by atoms with Crippen LogP contribution < -0.4 is 5.73 Å². The van der Waals surface area contributed by atoms with Crippen molar-refractivity contribution >= 4 is 18.0 Å². The standard InChI is InChI=1S/C6H9NO.C5H6N2.C4H7NO/c1-2-7-5-3-4-6(7)8;1-2-7-4-3-6-5-7;1-3(2)4(5)6/h2H,1,3-5H2;2-5H,1H2;1H2,2H3,(H2,5,6). The molecule has 1 aliphatic rings. The molecule has 6 heteroatoms. The van der Waals surface area contributed by atoms with Gasteiger partial charge in [-0.2, -0.15) is 0 Å². The Bertz CT molecular complexity index is 480. The number of rotatable bonds is 3. The molecule has 0 bridgehead atoms. The van der Waals surface area contributed by atoms with Gasteiger partial charge in [0.15, 0.2) is 0 Å².